The van der Waals surface area contributed by atoms with Gasteiger partial charge < -0.3 is 15.3 Å². The molecule has 0 radical (unpaired) electrons. The molecule has 2 amide bonds. The smallest absolute Gasteiger partial charge is 0.326 e. The van der Waals surface area contributed by atoms with Crippen molar-refractivity contribution in [2.45, 2.75) is 65.1 Å². The first-order valence-corrected chi connectivity index (χ1v) is 9.13. The zero-order valence-electron chi connectivity index (χ0n) is 15.7. The number of aryl methyl sites for hydroxylation is 1. The second kappa shape index (κ2) is 8.83. The van der Waals surface area contributed by atoms with Gasteiger partial charge in [0.1, 0.15) is 6.04 Å². The normalized spacial score (nSPS) is 18.2. The molecule has 1 aliphatic heterocycles. The Hall–Kier alpha value is -2.37. The average molecular weight is 360 g/mol. The van der Waals surface area contributed by atoms with Gasteiger partial charge in [-0.1, -0.05) is 43.7 Å². The van der Waals surface area contributed by atoms with E-state index in [0.717, 1.165) is 11.1 Å². The van der Waals surface area contributed by atoms with Crippen molar-refractivity contribution in [1.82, 2.24) is 10.2 Å². The average Bonchev–Trinajstić information content (AvgIpc) is 2.89. The molecule has 6 heteroatoms. The third-order valence-electron chi connectivity index (χ3n) is 4.69. The Balaban J connectivity index is 1.97. The molecular formula is C20H28N2O4. The van der Waals surface area contributed by atoms with E-state index in [1.807, 2.05) is 45.0 Å². The molecule has 1 aromatic rings. The quantitative estimate of drug-likeness (QED) is 0.746. The van der Waals surface area contributed by atoms with Crippen LogP contribution in [0, 0.1) is 12.8 Å². The number of nitrogens with one attached hydrogen (secondary N) is 1. The van der Waals surface area contributed by atoms with Gasteiger partial charge in [-0.2, -0.15) is 0 Å². The topological polar surface area (TPSA) is 86.7 Å². The van der Waals surface area contributed by atoms with Gasteiger partial charge in [0.25, 0.3) is 0 Å². The van der Waals surface area contributed by atoms with Gasteiger partial charge in [-0.05, 0) is 31.2 Å². The monoisotopic (exact) mass is 360 g/mol. The summed E-state index contributed by atoms with van der Waals surface area (Å²) in [5.74, 6) is -1.12. The molecule has 1 aliphatic rings. The van der Waals surface area contributed by atoms with Crippen LogP contribution in [0.15, 0.2) is 24.3 Å². The Kier molecular flexibility index (Phi) is 6.77. The largest absolute Gasteiger partial charge is 0.480 e. The predicted octanol–water partition coefficient (Wildman–Crippen LogP) is 2.49. The fourth-order valence-electron chi connectivity index (χ4n) is 3.27. The lowest BCUT2D eigenvalue weighted by atomic mass is 10.0. The molecule has 1 aromatic carbocycles. The van der Waals surface area contributed by atoms with Crippen LogP contribution in [0.4, 0.5) is 0 Å². The van der Waals surface area contributed by atoms with Gasteiger partial charge in [0.2, 0.25) is 11.8 Å². The molecule has 0 aromatic heterocycles. The van der Waals surface area contributed by atoms with Crippen LogP contribution >= 0.6 is 0 Å². The lowest BCUT2D eigenvalue weighted by Gasteiger charge is -2.25. The number of rotatable bonds is 8. The number of likely N-dealkylation sites (tertiary alicyclic amines) is 1. The van der Waals surface area contributed by atoms with Gasteiger partial charge in [0.05, 0.1) is 0 Å². The first-order chi connectivity index (χ1) is 12.3. The Labute approximate surface area is 154 Å². The molecule has 142 valence electrons. The molecule has 1 saturated heterocycles. The van der Waals surface area contributed by atoms with Gasteiger partial charge in [-0.15, -0.1) is 0 Å². The summed E-state index contributed by atoms with van der Waals surface area (Å²) in [4.78, 5) is 37.6. The number of aliphatic carboxylic acids is 1. The fourth-order valence-corrected chi connectivity index (χ4v) is 3.27. The minimum absolute atomic E-state index is 0.0420. The Morgan fingerprint density at radius 2 is 1.92 bits per heavy atom. The van der Waals surface area contributed by atoms with Gasteiger partial charge in [0.15, 0.2) is 0 Å². The van der Waals surface area contributed by atoms with Crippen molar-refractivity contribution in [3.63, 3.8) is 0 Å². The highest BCUT2D eigenvalue weighted by Crippen LogP contribution is 2.24. The van der Waals surface area contributed by atoms with Gasteiger partial charge in [-0.25, -0.2) is 4.79 Å². The van der Waals surface area contributed by atoms with Crippen molar-refractivity contribution < 1.29 is 19.5 Å². The van der Waals surface area contributed by atoms with E-state index in [1.165, 1.54) is 0 Å². The standard InChI is InChI=1S/C20H28N2O4/c1-13(2)10-17(20(25)26)21-18(23)11-16-8-9-19(24)22(16)12-15-6-4-14(3)5-7-15/h4-7,13,16-17H,8-12H2,1-3H3,(H,21,23)(H,25,26)/t16?,17-/m1/s1. The Bertz CT molecular complexity index is 654. The number of nitrogens with zero attached hydrogens (tertiary/aromatic N) is 1. The molecule has 0 bridgehead atoms. The van der Waals surface area contributed by atoms with Crippen LogP contribution in [0.2, 0.25) is 0 Å². The molecule has 2 atom stereocenters. The van der Waals surface area contributed by atoms with E-state index < -0.39 is 12.0 Å². The number of hydrogen-bond donors (Lipinski definition) is 2. The number of amides is 2. The summed E-state index contributed by atoms with van der Waals surface area (Å²) in [5.41, 5.74) is 2.18. The van der Waals surface area contributed by atoms with E-state index in [2.05, 4.69) is 5.32 Å². The number of carbonyl (C=O) groups excluding carboxylic acids is 2. The summed E-state index contributed by atoms with van der Waals surface area (Å²) in [6.07, 6.45) is 1.58. The lowest BCUT2D eigenvalue weighted by molar-refractivity contribution is -0.142. The maximum Gasteiger partial charge on any atom is 0.326 e. The molecular weight excluding hydrogens is 332 g/mol. The summed E-state index contributed by atoms with van der Waals surface area (Å²) in [6.45, 7) is 6.32. The first kappa shape index (κ1) is 19.9. The summed E-state index contributed by atoms with van der Waals surface area (Å²) in [5, 5.41) is 11.9. The van der Waals surface area contributed by atoms with Gasteiger partial charge >= 0.3 is 5.97 Å². The maximum atomic E-state index is 12.3. The van der Waals surface area contributed by atoms with Gasteiger partial charge in [0, 0.05) is 25.4 Å². The Morgan fingerprint density at radius 3 is 2.50 bits per heavy atom. The molecule has 6 nitrogen and oxygen atoms in total. The zero-order valence-corrected chi connectivity index (χ0v) is 15.7. The second-order valence-electron chi connectivity index (χ2n) is 7.49. The molecule has 1 heterocycles. The van der Waals surface area contributed by atoms with Crippen LogP contribution in [0.5, 0.6) is 0 Å². The predicted molar refractivity (Wildman–Crippen MR) is 98.4 cm³/mol. The summed E-state index contributed by atoms with van der Waals surface area (Å²) in [7, 11) is 0. The van der Waals surface area contributed by atoms with E-state index in [-0.39, 0.29) is 30.2 Å². The highest BCUT2D eigenvalue weighted by atomic mass is 16.4. The lowest BCUT2D eigenvalue weighted by Crippen LogP contribution is -2.44. The van der Waals surface area contributed by atoms with Crippen molar-refractivity contribution in [1.29, 1.82) is 0 Å². The highest BCUT2D eigenvalue weighted by Gasteiger charge is 2.33. The first-order valence-electron chi connectivity index (χ1n) is 9.13. The number of carbonyl (C=O) groups is 3. The molecule has 2 N–H and O–H groups in total. The van der Waals surface area contributed by atoms with Gasteiger partial charge in [-0.3, -0.25) is 9.59 Å². The second-order valence-corrected chi connectivity index (χ2v) is 7.49. The number of benzene rings is 1. The van der Waals surface area contributed by atoms with E-state index in [0.29, 0.717) is 25.8 Å². The van der Waals surface area contributed by atoms with Crippen LogP contribution < -0.4 is 5.32 Å². The van der Waals surface area contributed by atoms with Crippen LogP contribution in [0.3, 0.4) is 0 Å². The van der Waals surface area contributed by atoms with E-state index in [9.17, 15) is 19.5 Å². The number of carboxylic acids is 1. The van der Waals surface area contributed by atoms with Crippen LogP contribution in [0.1, 0.15) is 50.7 Å². The molecule has 26 heavy (non-hydrogen) atoms. The molecule has 1 unspecified atom stereocenters. The number of hydrogen-bond acceptors (Lipinski definition) is 3. The fraction of sp³-hybridized carbons (Fsp3) is 0.550. The van der Waals surface area contributed by atoms with Crippen molar-refractivity contribution in [2.75, 3.05) is 0 Å². The minimum Gasteiger partial charge on any atom is -0.480 e. The van der Waals surface area contributed by atoms with Crippen LogP contribution in [-0.4, -0.2) is 39.9 Å². The van der Waals surface area contributed by atoms with E-state index in [1.54, 1.807) is 4.90 Å². The number of carboxylic acid groups (broad SMARTS) is 1. The molecule has 1 fully saturated rings. The highest BCUT2D eigenvalue weighted by molar-refractivity contribution is 5.85. The van der Waals surface area contributed by atoms with Crippen molar-refractivity contribution in [3.8, 4) is 0 Å². The molecule has 0 spiro atoms. The maximum absolute atomic E-state index is 12.3. The molecule has 0 saturated carbocycles. The van der Waals surface area contributed by atoms with E-state index >= 15 is 0 Å². The Morgan fingerprint density at radius 1 is 1.27 bits per heavy atom. The third kappa shape index (κ3) is 5.58. The molecule has 0 aliphatic carbocycles. The van der Waals surface area contributed by atoms with E-state index in [4.69, 9.17) is 0 Å². The third-order valence-corrected chi connectivity index (χ3v) is 4.69. The zero-order chi connectivity index (χ0) is 19.3. The molecule has 2 rings (SSSR count). The van der Waals surface area contributed by atoms with Crippen molar-refractivity contribution in [2.24, 2.45) is 5.92 Å². The van der Waals surface area contributed by atoms with Crippen LogP contribution in [0.25, 0.3) is 0 Å². The summed E-state index contributed by atoms with van der Waals surface area (Å²) in [6, 6.07) is 6.91. The minimum atomic E-state index is -1.02. The van der Waals surface area contributed by atoms with Crippen molar-refractivity contribution in [3.05, 3.63) is 35.4 Å². The SMILES string of the molecule is Cc1ccc(CN2C(=O)CCC2CC(=O)N[C@H](CC(C)C)C(=O)O)cc1. The van der Waals surface area contributed by atoms with Crippen molar-refractivity contribution >= 4 is 17.8 Å². The van der Waals surface area contributed by atoms with Crippen LogP contribution in [-0.2, 0) is 20.9 Å². The summed E-state index contributed by atoms with van der Waals surface area (Å²) < 4.78 is 0. The summed E-state index contributed by atoms with van der Waals surface area (Å²) >= 11 is 0.